The quantitative estimate of drug-likeness (QED) is 0.595. The Morgan fingerprint density at radius 3 is 2.16 bits per heavy atom. The zero-order chi connectivity index (χ0) is 15.3. The molecule has 3 heteroatoms. The first-order valence-electron chi connectivity index (χ1n) is 7.80. The first-order chi connectivity index (χ1) is 9.02. The fourth-order valence-electron chi connectivity index (χ4n) is 1.89. The molecule has 1 amide bonds. The van der Waals surface area contributed by atoms with Crippen LogP contribution in [-0.4, -0.2) is 37.6 Å². The summed E-state index contributed by atoms with van der Waals surface area (Å²) in [6.45, 7) is 14.8. The molecule has 116 valence electrons. The Morgan fingerprint density at radius 2 is 1.74 bits per heavy atom. The fourth-order valence-corrected chi connectivity index (χ4v) is 1.89. The molecule has 0 N–H and O–H groups in total. The molecular formula is C16H35NO2. The minimum atomic E-state index is 0.110. The fraction of sp³-hybridized carbons (Fsp3) is 0.938. The third kappa shape index (κ3) is 11.0. The lowest BCUT2D eigenvalue weighted by Crippen LogP contribution is -2.35. The van der Waals surface area contributed by atoms with Crippen LogP contribution in [0.2, 0.25) is 0 Å². The van der Waals surface area contributed by atoms with E-state index in [9.17, 15) is 4.79 Å². The van der Waals surface area contributed by atoms with Gasteiger partial charge in [-0.2, -0.15) is 0 Å². The minimum absolute atomic E-state index is 0.110. The molecule has 0 saturated heterocycles. The van der Waals surface area contributed by atoms with Crippen LogP contribution < -0.4 is 0 Å². The van der Waals surface area contributed by atoms with E-state index in [0.29, 0.717) is 5.92 Å². The van der Waals surface area contributed by atoms with Crippen molar-refractivity contribution >= 4 is 5.91 Å². The molecule has 0 aliphatic heterocycles. The van der Waals surface area contributed by atoms with Gasteiger partial charge in [0.2, 0.25) is 5.91 Å². The van der Waals surface area contributed by atoms with Crippen LogP contribution in [0.15, 0.2) is 0 Å². The van der Waals surface area contributed by atoms with Gasteiger partial charge in [-0.15, -0.1) is 0 Å². The van der Waals surface area contributed by atoms with Crippen LogP contribution in [-0.2, 0) is 9.53 Å². The van der Waals surface area contributed by atoms with Gasteiger partial charge < -0.3 is 9.64 Å². The van der Waals surface area contributed by atoms with Gasteiger partial charge in [-0.25, -0.2) is 0 Å². The molecule has 0 spiro atoms. The van der Waals surface area contributed by atoms with Gasteiger partial charge in [0.15, 0.2) is 0 Å². The number of rotatable bonds is 9. The zero-order valence-electron chi connectivity index (χ0n) is 14.2. The second kappa shape index (κ2) is 13.9. The molecule has 19 heavy (non-hydrogen) atoms. The van der Waals surface area contributed by atoms with Crippen molar-refractivity contribution in [3.8, 4) is 0 Å². The molecule has 0 rings (SSSR count). The maximum absolute atomic E-state index is 11.9. The summed E-state index contributed by atoms with van der Waals surface area (Å²) in [5.41, 5.74) is 0. The highest BCUT2D eigenvalue weighted by atomic mass is 16.5. The summed E-state index contributed by atoms with van der Waals surface area (Å²) in [5, 5.41) is 0. The first kappa shape index (κ1) is 20.7. The van der Waals surface area contributed by atoms with Gasteiger partial charge in [-0.3, -0.25) is 4.79 Å². The van der Waals surface area contributed by atoms with Crippen LogP contribution in [0.4, 0.5) is 0 Å². The van der Waals surface area contributed by atoms with E-state index in [-0.39, 0.29) is 11.8 Å². The molecule has 3 nitrogen and oxygen atoms in total. The van der Waals surface area contributed by atoms with Crippen molar-refractivity contribution < 1.29 is 9.53 Å². The van der Waals surface area contributed by atoms with Crippen molar-refractivity contribution in [3.05, 3.63) is 0 Å². The van der Waals surface area contributed by atoms with Crippen LogP contribution in [0.3, 0.4) is 0 Å². The molecule has 0 aromatic heterocycles. The van der Waals surface area contributed by atoms with Crippen LogP contribution >= 0.6 is 0 Å². The van der Waals surface area contributed by atoms with Crippen molar-refractivity contribution in [2.24, 2.45) is 11.8 Å². The van der Waals surface area contributed by atoms with E-state index < -0.39 is 0 Å². The molecule has 0 saturated carbocycles. The Balaban J connectivity index is 0. The van der Waals surface area contributed by atoms with Crippen molar-refractivity contribution in [2.75, 3.05) is 26.8 Å². The summed E-state index contributed by atoms with van der Waals surface area (Å²) in [6.07, 6.45) is 3.39. The van der Waals surface area contributed by atoms with E-state index in [4.69, 9.17) is 4.74 Å². The molecule has 0 aromatic carbocycles. The molecule has 0 aliphatic rings. The van der Waals surface area contributed by atoms with Crippen LogP contribution in [0.5, 0.6) is 0 Å². The van der Waals surface area contributed by atoms with E-state index in [2.05, 4.69) is 13.8 Å². The SMILES string of the molecule is CC.CCN(CCC(C)CCCOC)C(=O)C(C)C. The molecule has 1 atom stereocenters. The van der Waals surface area contributed by atoms with Crippen molar-refractivity contribution in [1.82, 2.24) is 4.90 Å². The Kier molecular flexibility index (Phi) is 15.1. The van der Waals surface area contributed by atoms with E-state index in [1.165, 1.54) is 6.42 Å². The minimum Gasteiger partial charge on any atom is -0.385 e. The van der Waals surface area contributed by atoms with Gasteiger partial charge in [0.1, 0.15) is 0 Å². The Morgan fingerprint density at radius 1 is 1.16 bits per heavy atom. The Labute approximate surface area is 120 Å². The van der Waals surface area contributed by atoms with E-state index in [1.807, 2.05) is 32.6 Å². The summed E-state index contributed by atoms with van der Waals surface area (Å²) in [7, 11) is 1.74. The predicted molar refractivity (Wildman–Crippen MR) is 83.3 cm³/mol. The maximum atomic E-state index is 11.9. The molecule has 0 heterocycles. The topological polar surface area (TPSA) is 29.5 Å². The zero-order valence-corrected chi connectivity index (χ0v) is 14.2. The summed E-state index contributed by atoms with van der Waals surface area (Å²) in [5.74, 6) is 1.05. The Bertz CT molecular complexity index is 205. The summed E-state index contributed by atoms with van der Waals surface area (Å²) < 4.78 is 5.04. The number of ether oxygens (including phenoxy) is 1. The third-order valence-electron chi connectivity index (χ3n) is 3.12. The van der Waals surface area contributed by atoms with Crippen LogP contribution in [0.25, 0.3) is 0 Å². The number of hydrogen-bond donors (Lipinski definition) is 0. The maximum Gasteiger partial charge on any atom is 0.225 e. The predicted octanol–water partition coefficient (Wildman–Crippen LogP) is 3.97. The second-order valence-electron chi connectivity index (χ2n) is 5.10. The number of hydrogen-bond acceptors (Lipinski definition) is 2. The molecule has 0 bridgehead atoms. The highest BCUT2D eigenvalue weighted by Crippen LogP contribution is 2.12. The number of methoxy groups -OCH3 is 1. The van der Waals surface area contributed by atoms with Crippen molar-refractivity contribution in [3.63, 3.8) is 0 Å². The van der Waals surface area contributed by atoms with E-state index >= 15 is 0 Å². The van der Waals surface area contributed by atoms with Crippen LogP contribution in [0, 0.1) is 11.8 Å². The van der Waals surface area contributed by atoms with Gasteiger partial charge in [0, 0.05) is 32.7 Å². The number of amides is 1. The lowest BCUT2D eigenvalue weighted by Gasteiger charge is -2.24. The summed E-state index contributed by atoms with van der Waals surface area (Å²) >= 11 is 0. The van der Waals surface area contributed by atoms with E-state index in [0.717, 1.165) is 32.5 Å². The molecular weight excluding hydrogens is 238 g/mol. The molecule has 1 unspecified atom stereocenters. The second-order valence-corrected chi connectivity index (χ2v) is 5.10. The van der Waals surface area contributed by atoms with Gasteiger partial charge in [0.25, 0.3) is 0 Å². The molecule has 0 aliphatic carbocycles. The third-order valence-corrected chi connectivity index (χ3v) is 3.12. The average Bonchev–Trinajstić information content (AvgIpc) is 2.41. The largest absolute Gasteiger partial charge is 0.385 e. The number of carbonyl (C=O) groups is 1. The monoisotopic (exact) mass is 273 g/mol. The van der Waals surface area contributed by atoms with Crippen molar-refractivity contribution in [1.29, 1.82) is 0 Å². The summed E-state index contributed by atoms with van der Waals surface area (Å²) in [6, 6.07) is 0. The number of nitrogens with zero attached hydrogens (tertiary/aromatic N) is 1. The molecule has 0 fully saturated rings. The van der Waals surface area contributed by atoms with Crippen molar-refractivity contribution in [2.45, 2.75) is 60.8 Å². The van der Waals surface area contributed by atoms with Gasteiger partial charge >= 0.3 is 0 Å². The first-order valence-corrected chi connectivity index (χ1v) is 7.80. The lowest BCUT2D eigenvalue weighted by molar-refractivity contribution is -0.134. The van der Waals surface area contributed by atoms with Crippen LogP contribution in [0.1, 0.15) is 60.8 Å². The summed E-state index contributed by atoms with van der Waals surface area (Å²) in [4.78, 5) is 13.8. The molecule has 0 radical (unpaired) electrons. The Hall–Kier alpha value is -0.570. The number of carbonyl (C=O) groups excluding carboxylic acids is 1. The normalized spacial score (nSPS) is 11.8. The smallest absolute Gasteiger partial charge is 0.225 e. The van der Waals surface area contributed by atoms with Gasteiger partial charge in [-0.05, 0) is 32.1 Å². The van der Waals surface area contributed by atoms with E-state index in [1.54, 1.807) is 7.11 Å². The highest BCUT2D eigenvalue weighted by molar-refractivity contribution is 5.78. The highest BCUT2D eigenvalue weighted by Gasteiger charge is 2.15. The lowest BCUT2D eigenvalue weighted by atomic mass is 10.0. The molecule has 0 aromatic rings. The average molecular weight is 273 g/mol. The van der Waals surface area contributed by atoms with Gasteiger partial charge in [-0.1, -0.05) is 34.6 Å². The van der Waals surface area contributed by atoms with Gasteiger partial charge in [0.05, 0.1) is 0 Å². The standard InChI is InChI=1S/C14H29NO2.C2H6/c1-6-15(14(16)12(2)3)10-9-13(4)8-7-11-17-5;1-2/h12-13H,6-11H2,1-5H3;1-2H3.